The van der Waals surface area contributed by atoms with Crippen LogP contribution in [0.4, 0.5) is 0 Å². The molecule has 4 rings (SSSR count). The lowest BCUT2D eigenvalue weighted by Gasteiger charge is -2.36. The Morgan fingerprint density at radius 1 is 0.724 bits per heavy atom. The minimum absolute atomic E-state index is 0. The second-order valence-electron chi connectivity index (χ2n) is 6.80. The third-order valence-electron chi connectivity index (χ3n) is 5.36. The lowest BCUT2D eigenvalue weighted by atomic mass is 10.1. The van der Waals surface area contributed by atoms with Crippen LogP contribution < -0.4 is 28.3 Å². The maximum absolute atomic E-state index is 12.8. The molecule has 3 aromatic rings. The van der Waals surface area contributed by atoms with Gasteiger partial charge in [-0.25, -0.2) is 0 Å². The van der Waals surface area contributed by atoms with Crippen molar-refractivity contribution in [3.63, 3.8) is 0 Å². The van der Waals surface area contributed by atoms with Gasteiger partial charge in [-0.1, -0.05) is 72.8 Å². The number of allylic oxidation sites excluding steroid dienone is 2. The summed E-state index contributed by atoms with van der Waals surface area (Å²) in [6.45, 7) is 0. The van der Waals surface area contributed by atoms with E-state index in [-0.39, 0.29) is 17.3 Å². The molecule has 5 heteroatoms. The Labute approximate surface area is 177 Å². The molecule has 0 aromatic heterocycles. The molecule has 146 valence electrons. The van der Waals surface area contributed by atoms with Crippen LogP contribution in [-0.4, -0.2) is 10.2 Å². The second-order valence-corrected chi connectivity index (χ2v) is 10.5. The van der Waals surface area contributed by atoms with E-state index in [4.69, 9.17) is 0 Å². The van der Waals surface area contributed by atoms with E-state index in [1.54, 1.807) is 0 Å². The number of hydrogen-bond acceptors (Lipinski definition) is 2. The SMILES string of the molecule is O=[N+]([O-])C1([P+](c2ccccc2)(c2ccccc2)c2ccccc2)C=CC=CC1.[Cl-]. The monoisotopic (exact) mass is 421 g/mol. The van der Waals surface area contributed by atoms with E-state index in [9.17, 15) is 10.1 Å². The summed E-state index contributed by atoms with van der Waals surface area (Å²) in [6.07, 6.45) is 7.83. The molecule has 29 heavy (non-hydrogen) atoms. The zero-order chi connectivity index (χ0) is 19.5. The third kappa shape index (κ3) is 3.31. The fourth-order valence-corrected chi connectivity index (χ4v) is 9.20. The summed E-state index contributed by atoms with van der Waals surface area (Å²) in [5, 5.41) is 14.6. The van der Waals surface area contributed by atoms with Crippen molar-refractivity contribution in [1.82, 2.24) is 0 Å². The lowest BCUT2D eigenvalue weighted by molar-refractivity contribution is -0.526. The fourth-order valence-electron chi connectivity index (χ4n) is 4.18. The molecule has 1 aliphatic rings. The van der Waals surface area contributed by atoms with E-state index in [0.29, 0.717) is 6.42 Å². The highest BCUT2D eigenvalue weighted by molar-refractivity contribution is 7.96. The van der Waals surface area contributed by atoms with Gasteiger partial charge in [0.1, 0.15) is 15.9 Å². The standard InChI is InChI=1S/C24H21NO2P.ClH/c26-25(27)24(19-11-4-12-20-24)28(21-13-5-1-6-14-21,22-15-7-2-8-16-22)23-17-9-3-10-18-23;/h1-19H,20H2;1H/q+1;/p-1. The lowest BCUT2D eigenvalue weighted by Crippen LogP contribution is -3.00. The molecule has 0 amide bonds. The number of nitrogens with zero attached hydrogens (tertiary/aromatic N) is 1. The largest absolute Gasteiger partial charge is 1.00 e. The molecule has 3 aromatic carbocycles. The van der Waals surface area contributed by atoms with E-state index >= 15 is 0 Å². The molecule has 3 nitrogen and oxygen atoms in total. The maximum atomic E-state index is 12.8. The molecule has 1 aliphatic carbocycles. The summed E-state index contributed by atoms with van der Waals surface area (Å²) in [7, 11) is -2.65. The first-order valence-electron chi connectivity index (χ1n) is 9.27. The summed E-state index contributed by atoms with van der Waals surface area (Å²) >= 11 is 0. The summed E-state index contributed by atoms with van der Waals surface area (Å²) in [5.74, 6) is 0. The van der Waals surface area contributed by atoms with Crippen molar-refractivity contribution >= 4 is 23.2 Å². The van der Waals surface area contributed by atoms with Gasteiger partial charge in [0.05, 0.1) is 11.3 Å². The summed E-state index contributed by atoms with van der Waals surface area (Å²) in [4.78, 5) is 12.7. The Morgan fingerprint density at radius 3 is 1.45 bits per heavy atom. The predicted octanol–water partition coefficient (Wildman–Crippen LogP) is 1.47. The minimum Gasteiger partial charge on any atom is -1.00 e. The Hall–Kier alpha value is -2.74. The molecule has 1 atom stereocenters. The molecule has 0 bridgehead atoms. The van der Waals surface area contributed by atoms with E-state index < -0.39 is 12.5 Å². The Morgan fingerprint density at radius 2 is 1.14 bits per heavy atom. The predicted molar refractivity (Wildman–Crippen MR) is 118 cm³/mol. The van der Waals surface area contributed by atoms with Crippen LogP contribution in [0.2, 0.25) is 0 Å². The molecular formula is C24H21ClNO2P. The summed E-state index contributed by atoms with van der Waals surface area (Å²) in [6, 6.07) is 30.0. The topological polar surface area (TPSA) is 43.1 Å². The van der Waals surface area contributed by atoms with Crippen LogP contribution >= 0.6 is 7.26 Å². The zero-order valence-electron chi connectivity index (χ0n) is 15.8. The van der Waals surface area contributed by atoms with Gasteiger partial charge in [-0.05, 0) is 36.4 Å². The molecule has 1 unspecified atom stereocenters. The summed E-state index contributed by atoms with van der Waals surface area (Å²) in [5.41, 5.74) is 0. The normalized spacial score (nSPS) is 18.1. The molecule has 0 spiro atoms. The highest BCUT2D eigenvalue weighted by Crippen LogP contribution is 2.68. The smallest absolute Gasteiger partial charge is 0.351 e. The molecule has 0 radical (unpaired) electrons. The molecule has 0 saturated heterocycles. The van der Waals surface area contributed by atoms with Crippen molar-refractivity contribution in [3.05, 3.63) is 125 Å². The third-order valence-corrected chi connectivity index (χ3v) is 10.2. The van der Waals surface area contributed by atoms with Gasteiger partial charge in [0.25, 0.3) is 0 Å². The average Bonchev–Trinajstić information content (AvgIpc) is 2.77. The quantitative estimate of drug-likeness (QED) is 0.356. The average molecular weight is 422 g/mol. The van der Waals surface area contributed by atoms with Gasteiger partial charge in [-0.15, -0.1) is 0 Å². The van der Waals surface area contributed by atoms with Crippen molar-refractivity contribution in [3.8, 4) is 0 Å². The number of benzene rings is 3. The van der Waals surface area contributed by atoms with Crippen molar-refractivity contribution in [2.45, 2.75) is 11.7 Å². The first-order chi connectivity index (χ1) is 13.7. The fraction of sp³-hybridized carbons (Fsp3) is 0.0833. The van der Waals surface area contributed by atoms with E-state index in [2.05, 4.69) is 0 Å². The van der Waals surface area contributed by atoms with Gasteiger partial charge >= 0.3 is 5.28 Å². The number of halogens is 1. The molecule has 0 aliphatic heterocycles. The van der Waals surface area contributed by atoms with Crippen molar-refractivity contribution in [2.75, 3.05) is 0 Å². The van der Waals surface area contributed by atoms with E-state index in [1.165, 1.54) is 0 Å². The van der Waals surface area contributed by atoms with Crippen LogP contribution in [0, 0.1) is 10.1 Å². The number of rotatable bonds is 5. The van der Waals surface area contributed by atoms with Crippen LogP contribution in [0.3, 0.4) is 0 Å². The Bertz CT molecular complexity index is 926. The number of hydrogen-bond donors (Lipinski definition) is 0. The molecule has 0 fully saturated rings. The van der Waals surface area contributed by atoms with E-state index in [0.717, 1.165) is 15.9 Å². The van der Waals surface area contributed by atoms with E-state index in [1.807, 2.05) is 115 Å². The van der Waals surface area contributed by atoms with Gasteiger partial charge in [0.15, 0.2) is 7.26 Å². The van der Waals surface area contributed by atoms with Crippen LogP contribution in [-0.2, 0) is 0 Å². The van der Waals surface area contributed by atoms with Crippen LogP contribution in [0.1, 0.15) is 6.42 Å². The highest BCUT2D eigenvalue weighted by Gasteiger charge is 2.70. The van der Waals surface area contributed by atoms with Gasteiger partial charge < -0.3 is 12.4 Å². The van der Waals surface area contributed by atoms with Crippen LogP contribution in [0.5, 0.6) is 0 Å². The molecule has 0 heterocycles. The van der Waals surface area contributed by atoms with Crippen molar-refractivity contribution in [2.24, 2.45) is 0 Å². The van der Waals surface area contributed by atoms with Gasteiger partial charge in [-0.2, -0.15) is 0 Å². The molecule has 0 N–H and O–H groups in total. The van der Waals surface area contributed by atoms with Crippen molar-refractivity contribution in [1.29, 1.82) is 0 Å². The molecular weight excluding hydrogens is 401 g/mol. The van der Waals surface area contributed by atoms with Gasteiger partial charge in [-0.3, -0.25) is 10.1 Å². The first kappa shape index (κ1) is 21.0. The Kier molecular flexibility index (Phi) is 6.32. The van der Waals surface area contributed by atoms with Crippen LogP contribution in [0.15, 0.2) is 115 Å². The van der Waals surface area contributed by atoms with Gasteiger partial charge in [0.2, 0.25) is 0 Å². The van der Waals surface area contributed by atoms with Crippen molar-refractivity contribution < 1.29 is 17.3 Å². The maximum Gasteiger partial charge on any atom is 0.351 e. The number of nitro groups is 1. The first-order valence-corrected chi connectivity index (χ1v) is 11.1. The second kappa shape index (κ2) is 8.73. The highest BCUT2D eigenvalue weighted by atomic mass is 35.5. The molecule has 0 saturated carbocycles. The summed E-state index contributed by atoms with van der Waals surface area (Å²) < 4.78 is 0. The van der Waals surface area contributed by atoms with Crippen LogP contribution in [0.25, 0.3) is 0 Å². The van der Waals surface area contributed by atoms with Gasteiger partial charge in [0, 0.05) is 6.08 Å². The Balaban J connectivity index is 0.00000240. The zero-order valence-corrected chi connectivity index (χ0v) is 17.4. The minimum atomic E-state index is -2.65.